The summed E-state index contributed by atoms with van der Waals surface area (Å²) in [5.41, 5.74) is 0.763. The molecule has 0 aromatic heterocycles. The van der Waals surface area contributed by atoms with Gasteiger partial charge in [0.05, 0.1) is 18.3 Å². The van der Waals surface area contributed by atoms with E-state index < -0.39 is 16.1 Å². The number of carbonyl (C=O) groups excluding carboxylic acids is 2. The van der Waals surface area contributed by atoms with Gasteiger partial charge in [0, 0.05) is 26.6 Å². The Morgan fingerprint density at radius 1 is 1.12 bits per heavy atom. The molecule has 1 heterocycles. The van der Waals surface area contributed by atoms with Crippen molar-refractivity contribution in [3.63, 3.8) is 0 Å². The first-order chi connectivity index (χ1) is 16.3. The van der Waals surface area contributed by atoms with Gasteiger partial charge in [-0.2, -0.15) is 8.42 Å². The number of ether oxygens (including phenoxy) is 2. The molecule has 2 aromatic carbocycles. The molecule has 0 bridgehead atoms. The van der Waals surface area contributed by atoms with E-state index in [2.05, 4.69) is 0 Å². The molecular formula is C25H31NO7S. The van der Waals surface area contributed by atoms with Crippen molar-refractivity contribution in [3.05, 3.63) is 59.7 Å². The first kappa shape index (κ1) is 25.7. The van der Waals surface area contributed by atoms with Crippen molar-refractivity contribution in [2.75, 3.05) is 19.8 Å². The van der Waals surface area contributed by atoms with Crippen LogP contribution in [0.2, 0.25) is 0 Å². The highest BCUT2D eigenvalue weighted by molar-refractivity contribution is 7.87. The van der Waals surface area contributed by atoms with Crippen molar-refractivity contribution in [2.24, 2.45) is 0 Å². The van der Waals surface area contributed by atoms with E-state index in [1.54, 1.807) is 23.1 Å². The van der Waals surface area contributed by atoms with Gasteiger partial charge in [-0.15, -0.1) is 0 Å². The third-order valence-corrected chi connectivity index (χ3v) is 6.81. The van der Waals surface area contributed by atoms with Crippen LogP contribution in [0.1, 0.15) is 55.5 Å². The Labute approximate surface area is 200 Å². The Balaban J connectivity index is 1.68. The SMILES string of the molecule is CCCCOC(=O)c1ccccc1S(=O)(=O)Oc1ccc(CN(C[C@H]2CCCO2)C(C)=O)cc1. The molecule has 1 saturated heterocycles. The summed E-state index contributed by atoms with van der Waals surface area (Å²) < 4.78 is 41.9. The van der Waals surface area contributed by atoms with Crippen molar-refractivity contribution in [1.29, 1.82) is 0 Å². The fraction of sp³-hybridized carbons (Fsp3) is 0.440. The van der Waals surface area contributed by atoms with E-state index in [1.807, 2.05) is 6.92 Å². The summed E-state index contributed by atoms with van der Waals surface area (Å²) in [7, 11) is -4.27. The number of benzene rings is 2. The maximum absolute atomic E-state index is 12.9. The molecule has 1 amide bonds. The molecule has 1 aliphatic heterocycles. The van der Waals surface area contributed by atoms with Crippen molar-refractivity contribution in [1.82, 2.24) is 4.90 Å². The van der Waals surface area contributed by atoms with E-state index in [9.17, 15) is 18.0 Å². The maximum atomic E-state index is 12.9. The summed E-state index contributed by atoms with van der Waals surface area (Å²) in [6.45, 7) is 5.32. The van der Waals surface area contributed by atoms with Crippen LogP contribution < -0.4 is 4.18 Å². The quantitative estimate of drug-likeness (QED) is 0.268. The Hall–Kier alpha value is -2.91. The van der Waals surface area contributed by atoms with Gasteiger partial charge in [-0.1, -0.05) is 37.6 Å². The van der Waals surface area contributed by atoms with E-state index in [1.165, 1.54) is 37.3 Å². The lowest BCUT2D eigenvalue weighted by Crippen LogP contribution is -2.35. The third kappa shape index (κ3) is 7.04. The number of amides is 1. The minimum Gasteiger partial charge on any atom is -0.462 e. The first-order valence-corrected chi connectivity index (χ1v) is 12.9. The van der Waals surface area contributed by atoms with Crippen LogP contribution in [0.25, 0.3) is 0 Å². The van der Waals surface area contributed by atoms with Gasteiger partial charge in [0.2, 0.25) is 5.91 Å². The second-order valence-electron chi connectivity index (χ2n) is 8.20. The van der Waals surface area contributed by atoms with E-state index >= 15 is 0 Å². The Bertz CT molecular complexity index is 1080. The molecule has 0 aliphatic carbocycles. The summed E-state index contributed by atoms with van der Waals surface area (Å²) >= 11 is 0. The zero-order valence-electron chi connectivity index (χ0n) is 19.6. The zero-order valence-corrected chi connectivity index (χ0v) is 20.4. The molecule has 1 aliphatic rings. The second-order valence-corrected chi connectivity index (χ2v) is 9.72. The fourth-order valence-corrected chi connectivity index (χ4v) is 4.74. The van der Waals surface area contributed by atoms with Crippen molar-refractivity contribution < 1.29 is 31.7 Å². The van der Waals surface area contributed by atoms with Crippen LogP contribution in [0.3, 0.4) is 0 Å². The lowest BCUT2D eigenvalue weighted by molar-refractivity contribution is -0.131. The van der Waals surface area contributed by atoms with Crippen LogP contribution in [-0.4, -0.2) is 51.1 Å². The van der Waals surface area contributed by atoms with E-state index in [0.29, 0.717) is 19.5 Å². The average molecular weight is 490 g/mol. The summed E-state index contributed by atoms with van der Waals surface area (Å²) in [5, 5.41) is 0. The van der Waals surface area contributed by atoms with Gasteiger partial charge in [-0.05, 0) is 49.1 Å². The van der Waals surface area contributed by atoms with Gasteiger partial charge in [0.25, 0.3) is 0 Å². The zero-order chi connectivity index (χ0) is 24.6. The predicted octanol–water partition coefficient (Wildman–Crippen LogP) is 3.94. The predicted molar refractivity (Wildman–Crippen MR) is 126 cm³/mol. The summed E-state index contributed by atoms with van der Waals surface area (Å²) in [6.07, 6.45) is 3.52. The minimum atomic E-state index is -4.27. The van der Waals surface area contributed by atoms with Crippen molar-refractivity contribution in [2.45, 2.75) is 57.1 Å². The van der Waals surface area contributed by atoms with Crippen LogP contribution in [0.5, 0.6) is 5.75 Å². The van der Waals surface area contributed by atoms with Crippen LogP contribution in [0.4, 0.5) is 0 Å². The Morgan fingerprint density at radius 2 is 1.85 bits per heavy atom. The van der Waals surface area contributed by atoms with Gasteiger partial charge in [0.15, 0.2) is 0 Å². The van der Waals surface area contributed by atoms with E-state index in [4.69, 9.17) is 13.7 Å². The summed E-state index contributed by atoms with van der Waals surface area (Å²) in [5.74, 6) is -0.658. The maximum Gasteiger partial charge on any atom is 0.340 e. The first-order valence-electron chi connectivity index (χ1n) is 11.5. The van der Waals surface area contributed by atoms with Crippen LogP contribution in [-0.2, 0) is 30.9 Å². The lowest BCUT2D eigenvalue weighted by atomic mass is 10.1. The number of unbranched alkanes of at least 4 members (excludes halogenated alkanes) is 1. The number of nitrogens with zero attached hydrogens (tertiary/aromatic N) is 1. The minimum absolute atomic E-state index is 0.0466. The number of hydrogen-bond donors (Lipinski definition) is 0. The Morgan fingerprint density at radius 3 is 2.50 bits per heavy atom. The smallest absolute Gasteiger partial charge is 0.340 e. The largest absolute Gasteiger partial charge is 0.462 e. The molecule has 2 aromatic rings. The molecule has 1 atom stereocenters. The molecule has 0 unspecified atom stereocenters. The summed E-state index contributed by atoms with van der Waals surface area (Å²) in [6, 6.07) is 12.3. The van der Waals surface area contributed by atoms with Crippen LogP contribution >= 0.6 is 0 Å². The second kappa shape index (κ2) is 12.0. The molecule has 184 valence electrons. The van der Waals surface area contributed by atoms with E-state index in [-0.39, 0.29) is 34.8 Å². The fourth-order valence-electron chi connectivity index (χ4n) is 3.62. The van der Waals surface area contributed by atoms with Gasteiger partial charge in [0.1, 0.15) is 10.6 Å². The third-order valence-electron chi connectivity index (χ3n) is 5.50. The molecule has 0 spiro atoms. The monoisotopic (exact) mass is 489 g/mol. The van der Waals surface area contributed by atoms with Gasteiger partial charge < -0.3 is 18.6 Å². The van der Waals surface area contributed by atoms with Crippen molar-refractivity contribution >= 4 is 22.0 Å². The molecule has 34 heavy (non-hydrogen) atoms. The van der Waals surface area contributed by atoms with E-state index in [0.717, 1.165) is 31.4 Å². The highest BCUT2D eigenvalue weighted by Crippen LogP contribution is 2.23. The molecule has 0 radical (unpaired) electrons. The molecular weight excluding hydrogens is 458 g/mol. The van der Waals surface area contributed by atoms with Crippen molar-refractivity contribution in [3.8, 4) is 5.75 Å². The molecule has 0 N–H and O–H groups in total. The number of esters is 1. The molecule has 1 fully saturated rings. The molecule has 8 nitrogen and oxygen atoms in total. The number of carbonyl (C=O) groups is 2. The average Bonchev–Trinajstić information content (AvgIpc) is 3.33. The topological polar surface area (TPSA) is 99.2 Å². The highest BCUT2D eigenvalue weighted by Gasteiger charge is 2.25. The normalized spacial score (nSPS) is 15.6. The standard InChI is InChI=1S/C25H31NO7S/c1-3-4-15-32-25(28)23-9-5-6-10-24(23)34(29,30)33-21-13-11-20(12-14-21)17-26(19(2)27)18-22-8-7-16-31-22/h5-6,9-14,22H,3-4,7-8,15-18H2,1-2H3/t22-/m1/s1. The number of rotatable bonds is 11. The summed E-state index contributed by atoms with van der Waals surface area (Å²) in [4.78, 5) is 25.9. The highest BCUT2D eigenvalue weighted by atomic mass is 32.2. The molecule has 3 rings (SSSR count). The molecule has 0 saturated carbocycles. The van der Waals surface area contributed by atoms with Gasteiger partial charge >= 0.3 is 16.1 Å². The molecule has 9 heteroatoms. The van der Waals surface area contributed by atoms with Crippen LogP contribution in [0.15, 0.2) is 53.4 Å². The number of hydrogen-bond acceptors (Lipinski definition) is 7. The Kier molecular flexibility index (Phi) is 9.06. The lowest BCUT2D eigenvalue weighted by Gasteiger charge is -2.24. The van der Waals surface area contributed by atoms with Gasteiger partial charge in [-0.25, -0.2) is 4.79 Å². The van der Waals surface area contributed by atoms with Crippen LogP contribution in [0, 0.1) is 0 Å². The van der Waals surface area contributed by atoms with Gasteiger partial charge in [-0.3, -0.25) is 4.79 Å².